The van der Waals surface area contributed by atoms with E-state index in [1.165, 1.54) is 0 Å². The minimum atomic E-state index is 0.223. The summed E-state index contributed by atoms with van der Waals surface area (Å²) in [7, 11) is 0. The number of aryl methyl sites for hydroxylation is 1. The van der Waals surface area contributed by atoms with E-state index in [2.05, 4.69) is 36.5 Å². The normalized spacial score (nSPS) is 9.83. The van der Waals surface area contributed by atoms with Crippen molar-refractivity contribution in [2.75, 3.05) is 17.2 Å². The summed E-state index contributed by atoms with van der Waals surface area (Å²) in [5.74, 6) is 2.00. The van der Waals surface area contributed by atoms with Crippen LogP contribution in [-0.2, 0) is 0 Å². The van der Waals surface area contributed by atoms with Crippen LogP contribution in [-0.4, -0.2) is 16.5 Å². The Bertz CT molecular complexity index is 589. The molecule has 2 rings (SSSR count). The van der Waals surface area contributed by atoms with Crippen LogP contribution in [0.2, 0.25) is 0 Å². The number of rotatable bonds is 4. The standard InChI is InChI=1S/C11H10BrN5S/c1-7-15-9(14-3-2-13)5-10(16-7)17-11-4-8(12)6-18-11/h4-6H,3H2,1H3,(H2,14,15,16,17). The molecule has 2 aromatic rings. The van der Waals surface area contributed by atoms with Crippen LogP contribution in [0.3, 0.4) is 0 Å². The zero-order valence-corrected chi connectivity index (χ0v) is 12.0. The molecule has 0 aliphatic heterocycles. The molecule has 0 unspecified atom stereocenters. The molecule has 0 radical (unpaired) electrons. The van der Waals surface area contributed by atoms with Gasteiger partial charge in [-0.05, 0) is 28.9 Å². The smallest absolute Gasteiger partial charge is 0.136 e. The van der Waals surface area contributed by atoms with Gasteiger partial charge in [-0.25, -0.2) is 9.97 Å². The Labute approximate surface area is 117 Å². The monoisotopic (exact) mass is 323 g/mol. The summed E-state index contributed by atoms with van der Waals surface area (Å²) in [5.41, 5.74) is 0. The average Bonchev–Trinajstić information content (AvgIpc) is 2.71. The maximum atomic E-state index is 8.53. The first-order chi connectivity index (χ1) is 8.67. The molecule has 0 saturated heterocycles. The van der Waals surface area contributed by atoms with Crippen LogP contribution >= 0.6 is 27.3 Å². The Morgan fingerprint density at radius 3 is 2.83 bits per heavy atom. The molecule has 0 aliphatic rings. The summed E-state index contributed by atoms with van der Waals surface area (Å²) in [4.78, 5) is 8.49. The van der Waals surface area contributed by atoms with Crippen LogP contribution in [0.4, 0.5) is 16.6 Å². The molecule has 5 nitrogen and oxygen atoms in total. The quantitative estimate of drug-likeness (QED) is 0.844. The predicted molar refractivity (Wildman–Crippen MR) is 76.2 cm³/mol. The van der Waals surface area contributed by atoms with E-state index in [9.17, 15) is 0 Å². The van der Waals surface area contributed by atoms with Crippen LogP contribution in [0.1, 0.15) is 5.82 Å². The molecule has 2 N–H and O–H groups in total. The molecule has 0 spiro atoms. The van der Waals surface area contributed by atoms with Gasteiger partial charge in [0.1, 0.15) is 24.0 Å². The lowest BCUT2D eigenvalue weighted by atomic mass is 10.4. The first-order valence-electron chi connectivity index (χ1n) is 5.15. The highest BCUT2D eigenvalue weighted by atomic mass is 79.9. The van der Waals surface area contributed by atoms with E-state index < -0.39 is 0 Å². The SMILES string of the molecule is Cc1nc(NCC#N)cc(Nc2cc(Br)cs2)n1. The number of hydrogen-bond acceptors (Lipinski definition) is 6. The third kappa shape index (κ3) is 3.42. The Morgan fingerprint density at radius 1 is 1.39 bits per heavy atom. The second-order valence-electron chi connectivity index (χ2n) is 3.45. The summed E-state index contributed by atoms with van der Waals surface area (Å²) in [6, 6.07) is 5.76. The van der Waals surface area contributed by atoms with E-state index in [1.54, 1.807) is 17.4 Å². The number of nitriles is 1. The number of halogens is 1. The van der Waals surface area contributed by atoms with Crippen molar-refractivity contribution in [3.63, 3.8) is 0 Å². The van der Waals surface area contributed by atoms with Gasteiger partial charge in [-0.1, -0.05) is 0 Å². The van der Waals surface area contributed by atoms with Crippen LogP contribution in [0.25, 0.3) is 0 Å². The maximum Gasteiger partial charge on any atom is 0.136 e. The number of nitrogens with one attached hydrogen (secondary N) is 2. The molecule has 18 heavy (non-hydrogen) atoms. The van der Waals surface area contributed by atoms with Gasteiger partial charge in [-0.15, -0.1) is 11.3 Å². The van der Waals surface area contributed by atoms with Gasteiger partial charge in [0, 0.05) is 15.9 Å². The zero-order valence-electron chi connectivity index (χ0n) is 9.57. The van der Waals surface area contributed by atoms with E-state index in [4.69, 9.17) is 5.26 Å². The third-order valence-corrected chi connectivity index (χ3v) is 3.61. The van der Waals surface area contributed by atoms with Crippen molar-refractivity contribution >= 4 is 43.9 Å². The van der Waals surface area contributed by atoms with Crippen molar-refractivity contribution in [2.24, 2.45) is 0 Å². The van der Waals surface area contributed by atoms with Crippen LogP contribution < -0.4 is 10.6 Å². The van der Waals surface area contributed by atoms with Crippen molar-refractivity contribution in [2.45, 2.75) is 6.92 Å². The lowest BCUT2D eigenvalue weighted by Crippen LogP contribution is -2.04. The molecule has 2 heterocycles. The molecule has 0 atom stereocenters. The number of thiophene rings is 1. The van der Waals surface area contributed by atoms with E-state index >= 15 is 0 Å². The molecule has 0 aliphatic carbocycles. The summed E-state index contributed by atoms with van der Waals surface area (Å²) in [5, 5.41) is 17.6. The fourth-order valence-electron chi connectivity index (χ4n) is 1.36. The van der Waals surface area contributed by atoms with Gasteiger partial charge >= 0.3 is 0 Å². The van der Waals surface area contributed by atoms with Crippen molar-refractivity contribution in [1.82, 2.24) is 9.97 Å². The second kappa shape index (κ2) is 5.80. The fourth-order valence-corrected chi connectivity index (χ4v) is 2.68. The van der Waals surface area contributed by atoms with Crippen LogP contribution in [0.5, 0.6) is 0 Å². The molecule has 92 valence electrons. The van der Waals surface area contributed by atoms with Gasteiger partial charge in [0.25, 0.3) is 0 Å². The number of hydrogen-bond donors (Lipinski definition) is 2. The number of nitrogens with zero attached hydrogens (tertiary/aromatic N) is 3. The molecule has 0 fully saturated rings. The van der Waals surface area contributed by atoms with Gasteiger partial charge in [-0.2, -0.15) is 5.26 Å². The van der Waals surface area contributed by atoms with Gasteiger partial charge in [0.15, 0.2) is 0 Å². The summed E-state index contributed by atoms with van der Waals surface area (Å²) < 4.78 is 1.03. The van der Waals surface area contributed by atoms with Crippen molar-refractivity contribution < 1.29 is 0 Å². The minimum absolute atomic E-state index is 0.223. The maximum absolute atomic E-state index is 8.53. The van der Waals surface area contributed by atoms with Crippen molar-refractivity contribution in [3.05, 3.63) is 27.8 Å². The highest BCUT2D eigenvalue weighted by molar-refractivity contribution is 9.10. The molecule has 0 amide bonds. The molecular formula is C11H10BrN5S. The Hall–Kier alpha value is -1.65. The zero-order chi connectivity index (χ0) is 13.0. The molecule has 0 saturated carbocycles. The highest BCUT2D eigenvalue weighted by Gasteiger charge is 2.03. The predicted octanol–water partition coefficient (Wildman–Crippen LogP) is 3.29. The Kier molecular flexibility index (Phi) is 4.12. The average molecular weight is 324 g/mol. The summed E-state index contributed by atoms with van der Waals surface area (Å²) >= 11 is 4.98. The van der Waals surface area contributed by atoms with Crippen LogP contribution in [0, 0.1) is 18.3 Å². The van der Waals surface area contributed by atoms with E-state index in [-0.39, 0.29) is 6.54 Å². The lowest BCUT2D eigenvalue weighted by molar-refractivity contribution is 1.05. The van der Waals surface area contributed by atoms with Crippen molar-refractivity contribution in [1.29, 1.82) is 5.26 Å². The van der Waals surface area contributed by atoms with Gasteiger partial charge in [-0.3, -0.25) is 0 Å². The van der Waals surface area contributed by atoms with Crippen molar-refractivity contribution in [3.8, 4) is 6.07 Å². The lowest BCUT2D eigenvalue weighted by Gasteiger charge is -2.07. The molecular weight excluding hydrogens is 314 g/mol. The van der Waals surface area contributed by atoms with Gasteiger partial charge in [0.05, 0.1) is 11.1 Å². The van der Waals surface area contributed by atoms with Gasteiger partial charge in [0.2, 0.25) is 0 Å². The summed E-state index contributed by atoms with van der Waals surface area (Å²) in [6.45, 7) is 2.04. The molecule has 2 aromatic heterocycles. The summed E-state index contributed by atoms with van der Waals surface area (Å²) in [6.07, 6.45) is 0. The fraction of sp³-hybridized carbons (Fsp3) is 0.182. The van der Waals surface area contributed by atoms with E-state index in [0.717, 1.165) is 9.47 Å². The Balaban J connectivity index is 2.17. The molecule has 7 heteroatoms. The topological polar surface area (TPSA) is 73.6 Å². The van der Waals surface area contributed by atoms with E-state index in [0.29, 0.717) is 17.5 Å². The largest absolute Gasteiger partial charge is 0.357 e. The van der Waals surface area contributed by atoms with Gasteiger partial charge < -0.3 is 10.6 Å². The van der Waals surface area contributed by atoms with E-state index in [1.807, 2.05) is 24.4 Å². The van der Waals surface area contributed by atoms with Crippen LogP contribution in [0.15, 0.2) is 22.0 Å². The first-order valence-corrected chi connectivity index (χ1v) is 6.82. The Morgan fingerprint density at radius 2 is 2.17 bits per heavy atom. The number of anilines is 3. The second-order valence-corrected chi connectivity index (χ2v) is 5.28. The molecule has 0 bridgehead atoms. The minimum Gasteiger partial charge on any atom is -0.357 e. The third-order valence-electron chi connectivity index (χ3n) is 2.01. The first kappa shape index (κ1) is 12.8. The number of aromatic nitrogens is 2. The molecule has 0 aromatic carbocycles. The highest BCUT2D eigenvalue weighted by Crippen LogP contribution is 2.27.